The normalized spacial score (nSPS) is 7.50. The van der Waals surface area contributed by atoms with E-state index in [0.717, 1.165) is 0 Å². The minimum atomic E-state index is 0.0975. The highest BCUT2D eigenvalue weighted by molar-refractivity contribution is 5.75. The van der Waals surface area contributed by atoms with Crippen molar-refractivity contribution in [3.63, 3.8) is 0 Å². The summed E-state index contributed by atoms with van der Waals surface area (Å²) in [6.07, 6.45) is 7.11. The number of terminal acetylenes is 1. The third-order valence-electron chi connectivity index (χ3n) is 0.640. The smallest absolute Gasteiger partial charge is 0.133 e. The molecule has 0 aromatic carbocycles. The molecule has 0 bridgehead atoms. The molecule has 2 nitrogen and oxygen atoms in total. The zero-order valence-electron chi connectivity index (χ0n) is 4.81. The first-order valence-electron chi connectivity index (χ1n) is 2.34. The summed E-state index contributed by atoms with van der Waals surface area (Å²) in [5, 5.41) is 0. The Morgan fingerprint density at radius 2 is 2.50 bits per heavy atom. The van der Waals surface area contributed by atoms with E-state index in [0.29, 0.717) is 13.0 Å². The van der Waals surface area contributed by atoms with Crippen LogP contribution >= 0.6 is 0 Å². The lowest BCUT2D eigenvalue weighted by Gasteiger charge is -1.90. The van der Waals surface area contributed by atoms with Crippen LogP contribution in [0.3, 0.4) is 0 Å². The molecule has 0 heterocycles. The molecule has 0 atom stereocenters. The second-order valence-electron chi connectivity index (χ2n) is 1.42. The number of ether oxygens (including phenoxy) is 1. The van der Waals surface area contributed by atoms with Crippen LogP contribution in [-0.4, -0.2) is 12.4 Å². The second kappa shape index (κ2) is 4.20. The monoisotopic (exact) mass is 112 g/mol. The van der Waals surface area contributed by atoms with Crippen LogP contribution in [0.2, 0.25) is 0 Å². The third-order valence-corrected chi connectivity index (χ3v) is 0.640. The van der Waals surface area contributed by atoms with E-state index in [2.05, 4.69) is 4.74 Å². The quantitative estimate of drug-likeness (QED) is 0.394. The van der Waals surface area contributed by atoms with Crippen molar-refractivity contribution in [1.29, 1.82) is 0 Å². The van der Waals surface area contributed by atoms with Gasteiger partial charge in [-0.05, 0) is 6.92 Å². The number of carbonyl (C=O) groups excluding carboxylic acids is 1. The molecule has 0 aromatic rings. The molecule has 0 aliphatic rings. The van der Waals surface area contributed by atoms with Crippen molar-refractivity contribution in [2.75, 3.05) is 6.61 Å². The lowest BCUT2D eigenvalue weighted by Crippen LogP contribution is -1.95. The maximum Gasteiger partial charge on any atom is 0.133 e. The summed E-state index contributed by atoms with van der Waals surface area (Å²) in [5.41, 5.74) is 0. The fourth-order valence-corrected chi connectivity index (χ4v) is 0.254. The van der Waals surface area contributed by atoms with Gasteiger partial charge in [-0.15, -0.1) is 0 Å². The zero-order chi connectivity index (χ0) is 6.41. The highest BCUT2D eigenvalue weighted by Gasteiger charge is 1.89. The Bertz CT molecular complexity index is 110. The van der Waals surface area contributed by atoms with Gasteiger partial charge in [-0.25, -0.2) is 0 Å². The van der Waals surface area contributed by atoms with Crippen molar-refractivity contribution in [2.24, 2.45) is 0 Å². The number of rotatable bonds is 3. The second-order valence-corrected chi connectivity index (χ2v) is 1.42. The van der Waals surface area contributed by atoms with Gasteiger partial charge in [-0.3, -0.25) is 4.79 Å². The molecule has 0 saturated heterocycles. The maximum atomic E-state index is 10.2. The Kier molecular flexibility index (Phi) is 3.69. The van der Waals surface area contributed by atoms with E-state index in [4.69, 9.17) is 6.42 Å². The Labute approximate surface area is 48.8 Å². The van der Waals surface area contributed by atoms with Crippen LogP contribution in [0.5, 0.6) is 0 Å². The molecular weight excluding hydrogens is 104 g/mol. The van der Waals surface area contributed by atoms with Gasteiger partial charge in [0.05, 0.1) is 0 Å². The first-order chi connectivity index (χ1) is 3.77. The van der Waals surface area contributed by atoms with Crippen LogP contribution in [0.15, 0.2) is 0 Å². The van der Waals surface area contributed by atoms with Gasteiger partial charge in [0, 0.05) is 6.42 Å². The molecule has 2 heteroatoms. The summed E-state index contributed by atoms with van der Waals surface area (Å²) in [4.78, 5) is 10.2. The van der Waals surface area contributed by atoms with Gasteiger partial charge in [0.25, 0.3) is 0 Å². The molecule has 0 aromatic heterocycles. The molecule has 0 aliphatic carbocycles. The van der Waals surface area contributed by atoms with Gasteiger partial charge < -0.3 is 4.74 Å². The van der Waals surface area contributed by atoms with Crippen LogP contribution < -0.4 is 0 Å². The molecule has 0 amide bonds. The largest absolute Gasteiger partial charge is 0.446 e. The number of carbonyl (C=O) groups is 1. The number of Topliss-reactive ketones (excluding diaryl/α,β-unsaturated/α-hetero) is 1. The number of hydrogen-bond acceptors (Lipinski definition) is 2. The average molecular weight is 112 g/mol. The van der Waals surface area contributed by atoms with E-state index in [1.807, 2.05) is 6.11 Å². The molecule has 0 fully saturated rings. The highest BCUT2D eigenvalue weighted by atomic mass is 16.5. The molecule has 0 aliphatic heterocycles. The Balaban J connectivity index is 2.97. The number of ketones is 1. The van der Waals surface area contributed by atoms with Crippen molar-refractivity contribution in [1.82, 2.24) is 0 Å². The molecular formula is C6H8O2. The predicted molar refractivity (Wildman–Crippen MR) is 30.1 cm³/mol. The average Bonchev–Trinajstić information content (AvgIpc) is 1.66. The molecule has 0 saturated carbocycles. The Morgan fingerprint density at radius 3 is 2.88 bits per heavy atom. The van der Waals surface area contributed by atoms with Gasteiger partial charge in [0.15, 0.2) is 0 Å². The first-order valence-corrected chi connectivity index (χ1v) is 2.34. The topological polar surface area (TPSA) is 26.3 Å². The van der Waals surface area contributed by atoms with Gasteiger partial charge in [-0.2, -0.15) is 0 Å². The van der Waals surface area contributed by atoms with Crippen LogP contribution in [0.25, 0.3) is 0 Å². The molecule has 0 rings (SSSR count). The molecule has 44 valence electrons. The highest BCUT2D eigenvalue weighted by Crippen LogP contribution is 1.80. The predicted octanol–water partition coefficient (Wildman–Crippen LogP) is 0.573. The standard InChI is InChI=1S/C6H8O2/c1-3-8-5-4-6(2)7/h1H,4-5H2,2H3. The minimum Gasteiger partial charge on any atom is -0.446 e. The summed E-state index contributed by atoms with van der Waals surface area (Å²) in [5.74, 6) is 0.0975. The summed E-state index contributed by atoms with van der Waals surface area (Å²) in [7, 11) is 0. The van der Waals surface area contributed by atoms with Crippen molar-refractivity contribution >= 4 is 5.78 Å². The minimum absolute atomic E-state index is 0.0975. The zero-order valence-corrected chi connectivity index (χ0v) is 4.81. The fraction of sp³-hybridized carbons (Fsp3) is 0.500. The van der Waals surface area contributed by atoms with Crippen molar-refractivity contribution < 1.29 is 9.53 Å². The SMILES string of the molecule is C#COCCC(C)=O. The Morgan fingerprint density at radius 1 is 1.88 bits per heavy atom. The summed E-state index contributed by atoms with van der Waals surface area (Å²) >= 11 is 0. The van der Waals surface area contributed by atoms with Gasteiger partial charge in [0.2, 0.25) is 0 Å². The van der Waals surface area contributed by atoms with Crippen LogP contribution in [0.1, 0.15) is 13.3 Å². The van der Waals surface area contributed by atoms with Crippen molar-refractivity contribution in [2.45, 2.75) is 13.3 Å². The molecule has 8 heavy (non-hydrogen) atoms. The Hall–Kier alpha value is -0.970. The van der Waals surface area contributed by atoms with Crippen LogP contribution in [0, 0.1) is 12.5 Å². The van der Waals surface area contributed by atoms with E-state index in [-0.39, 0.29) is 5.78 Å². The molecule has 0 spiro atoms. The van der Waals surface area contributed by atoms with Gasteiger partial charge >= 0.3 is 0 Å². The van der Waals surface area contributed by atoms with Crippen LogP contribution in [-0.2, 0) is 9.53 Å². The van der Waals surface area contributed by atoms with Gasteiger partial charge in [0.1, 0.15) is 18.5 Å². The van der Waals surface area contributed by atoms with Crippen molar-refractivity contribution in [3.05, 3.63) is 0 Å². The van der Waals surface area contributed by atoms with E-state index in [1.165, 1.54) is 6.92 Å². The molecule has 0 unspecified atom stereocenters. The first kappa shape index (κ1) is 7.03. The lowest BCUT2D eigenvalue weighted by atomic mass is 10.3. The molecule has 0 radical (unpaired) electrons. The summed E-state index contributed by atoms with van der Waals surface area (Å²) < 4.78 is 4.45. The fourth-order valence-electron chi connectivity index (χ4n) is 0.254. The third kappa shape index (κ3) is 5.03. The van der Waals surface area contributed by atoms with E-state index >= 15 is 0 Å². The van der Waals surface area contributed by atoms with E-state index < -0.39 is 0 Å². The summed E-state index contributed by atoms with van der Waals surface area (Å²) in [6.45, 7) is 1.84. The van der Waals surface area contributed by atoms with E-state index in [1.54, 1.807) is 0 Å². The van der Waals surface area contributed by atoms with E-state index in [9.17, 15) is 4.79 Å². The van der Waals surface area contributed by atoms with Crippen molar-refractivity contribution in [3.8, 4) is 12.5 Å². The van der Waals surface area contributed by atoms with Gasteiger partial charge in [-0.1, -0.05) is 6.42 Å². The lowest BCUT2D eigenvalue weighted by molar-refractivity contribution is -0.117. The molecule has 0 N–H and O–H groups in total. The summed E-state index contributed by atoms with van der Waals surface area (Å²) in [6, 6.07) is 0. The number of hydrogen-bond donors (Lipinski definition) is 0. The maximum absolute atomic E-state index is 10.2. The van der Waals surface area contributed by atoms with Crippen LogP contribution in [0.4, 0.5) is 0 Å².